The molecule has 188 valence electrons. The number of carbonyl (C=O) groups excluding carboxylic acids is 3. The fourth-order valence-electron chi connectivity index (χ4n) is 5.53. The van der Waals surface area contributed by atoms with Crippen LogP contribution in [0, 0.1) is 0 Å². The molecule has 0 radical (unpaired) electrons. The van der Waals surface area contributed by atoms with Gasteiger partial charge in [0.05, 0.1) is 12.6 Å². The summed E-state index contributed by atoms with van der Waals surface area (Å²) in [6, 6.07) is 15.1. The Morgan fingerprint density at radius 3 is 2.69 bits per heavy atom. The van der Waals surface area contributed by atoms with Crippen LogP contribution in [0.1, 0.15) is 55.0 Å². The molecule has 36 heavy (non-hydrogen) atoms. The van der Waals surface area contributed by atoms with Crippen LogP contribution in [-0.2, 0) is 20.8 Å². The zero-order valence-corrected chi connectivity index (χ0v) is 21.5. The number of benzene rings is 2. The van der Waals surface area contributed by atoms with Gasteiger partial charge < -0.3 is 14.8 Å². The number of rotatable bonds is 8. The second-order valence-electron chi connectivity index (χ2n) is 9.50. The van der Waals surface area contributed by atoms with E-state index in [4.69, 9.17) is 5.21 Å². The van der Waals surface area contributed by atoms with Crippen molar-refractivity contribution in [3.8, 4) is 0 Å². The van der Waals surface area contributed by atoms with E-state index in [9.17, 15) is 14.4 Å². The number of nitrogens with zero attached hydrogens (tertiary/aromatic N) is 2. The predicted molar refractivity (Wildman–Crippen MR) is 138 cm³/mol. The van der Waals surface area contributed by atoms with Crippen LogP contribution >= 0.6 is 15.9 Å². The van der Waals surface area contributed by atoms with E-state index in [1.807, 2.05) is 42.5 Å². The molecule has 2 aliphatic rings. The highest BCUT2D eigenvalue weighted by Crippen LogP contribution is 2.42. The molecule has 1 fully saturated rings. The fraction of sp³-hybridized carbons (Fsp3) is 0.370. The van der Waals surface area contributed by atoms with Crippen molar-refractivity contribution in [2.45, 2.75) is 50.6 Å². The molecule has 9 heteroatoms. The number of aromatic amines is 1. The maximum Gasteiger partial charge on any atom is 0.246 e. The number of carbonyl (C=O) groups is 3. The monoisotopic (exact) mass is 552 g/mol. The summed E-state index contributed by atoms with van der Waals surface area (Å²) in [7, 11) is 0. The summed E-state index contributed by atoms with van der Waals surface area (Å²) in [6.45, 7) is 0.589. The number of para-hydroxylation sites is 1. The van der Waals surface area contributed by atoms with E-state index in [-0.39, 0.29) is 36.7 Å². The fourth-order valence-corrected chi connectivity index (χ4v) is 5.95. The number of amides is 3. The van der Waals surface area contributed by atoms with Gasteiger partial charge in [-0.1, -0.05) is 59.1 Å². The maximum atomic E-state index is 13.7. The molecule has 5 rings (SSSR count). The van der Waals surface area contributed by atoms with Gasteiger partial charge in [0, 0.05) is 40.5 Å². The van der Waals surface area contributed by atoms with Crippen LogP contribution in [0.4, 0.5) is 0 Å². The summed E-state index contributed by atoms with van der Waals surface area (Å²) < 4.78 is 0.925. The van der Waals surface area contributed by atoms with Gasteiger partial charge in [0.1, 0.15) is 6.04 Å². The zero-order chi connectivity index (χ0) is 25.2. The van der Waals surface area contributed by atoms with Crippen LogP contribution in [0.25, 0.3) is 10.9 Å². The smallest absolute Gasteiger partial charge is 0.246 e. The average Bonchev–Trinajstić information content (AvgIpc) is 3.25. The molecule has 3 aromatic rings. The van der Waals surface area contributed by atoms with Gasteiger partial charge in [0.25, 0.3) is 0 Å². The SMILES string of the molecule is O=C(CCCCCCN1CC(=O)N2[C@@H](c3cccc(Br)c3)c3[nH]c4ccccc4c3C[C@H]2C1=O)NO. The largest absolute Gasteiger partial charge is 0.356 e. The lowest BCUT2D eigenvalue weighted by Gasteiger charge is -2.47. The first kappa shape index (κ1) is 24.5. The van der Waals surface area contributed by atoms with Crippen molar-refractivity contribution in [3.05, 3.63) is 69.8 Å². The van der Waals surface area contributed by atoms with Crippen molar-refractivity contribution in [3.63, 3.8) is 0 Å². The van der Waals surface area contributed by atoms with Gasteiger partial charge in [0.15, 0.2) is 0 Å². The van der Waals surface area contributed by atoms with Crippen molar-refractivity contribution in [1.82, 2.24) is 20.3 Å². The van der Waals surface area contributed by atoms with Gasteiger partial charge >= 0.3 is 0 Å². The molecule has 1 saturated heterocycles. The van der Waals surface area contributed by atoms with Crippen molar-refractivity contribution >= 4 is 44.6 Å². The number of fused-ring (bicyclic) bond motifs is 4. The number of nitrogens with one attached hydrogen (secondary N) is 2. The second-order valence-corrected chi connectivity index (χ2v) is 10.4. The zero-order valence-electron chi connectivity index (χ0n) is 19.9. The number of halogens is 1. The maximum absolute atomic E-state index is 13.7. The van der Waals surface area contributed by atoms with E-state index in [0.29, 0.717) is 19.4 Å². The van der Waals surface area contributed by atoms with Crippen LogP contribution in [0.2, 0.25) is 0 Å². The molecule has 2 aromatic carbocycles. The Morgan fingerprint density at radius 2 is 1.89 bits per heavy atom. The first-order valence-corrected chi connectivity index (χ1v) is 13.1. The summed E-state index contributed by atoms with van der Waals surface area (Å²) in [4.78, 5) is 45.4. The molecule has 0 saturated carbocycles. The first-order chi connectivity index (χ1) is 17.5. The third-order valence-electron chi connectivity index (χ3n) is 7.21. The van der Waals surface area contributed by atoms with E-state index in [2.05, 4.69) is 27.0 Å². The predicted octanol–water partition coefficient (Wildman–Crippen LogP) is 4.07. The molecule has 3 heterocycles. The van der Waals surface area contributed by atoms with E-state index < -0.39 is 6.04 Å². The van der Waals surface area contributed by atoms with Crippen molar-refractivity contribution < 1.29 is 19.6 Å². The number of unbranched alkanes of at least 4 members (excludes halogenated alkanes) is 3. The van der Waals surface area contributed by atoms with Crippen LogP contribution in [0.5, 0.6) is 0 Å². The molecule has 3 amide bonds. The Morgan fingerprint density at radius 1 is 1.08 bits per heavy atom. The van der Waals surface area contributed by atoms with E-state index >= 15 is 0 Å². The van der Waals surface area contributed by atoms with Crippen molar-refractivity contribution in [2.24, 2.45) is 0 Å². The molecule has 0 spiro atoms. The van der Waals surface area contributed by atoms with Gasteiger partial charge in [-0.25, -0.2) is 5.48 Å². The number of hydrogen-bond donors (Lipinski definition) is 3. The number of piperazine rings is 1. The third kappa shape index (κ3) is 4.65. The molecular weight excluding hydrogens is 524 g/mol. The van der Waals surface area contributed by atoms with Crippen LogP contribution < -0.4 is 5.48 Å². The molecule has 1 aromatic heterocycles. The highest BCUT2D eigenvalue weighted by Gasteiger charge is 2.48. The highest BCUT2D eigenvalue weighted by atomic mass is 79.9. The Hall–Kier alpha value is -3.17. The standard InChI is InChI=1S/C27H29BrN4O4/c28-18-9-7-8-17(14-18)26-25-20(19-10-4-5-11-21(19)29-25)15-22-27(35)31(16-24(34)32(22)26)13-6-2-1-3-12-23(33)30-36/h4-5,7-11,14,22,26,29,36H,1-3,6,12-13,15-16H2,(H,30,33)/t22-,26-/m0/s1. The minimum absolute atomic E-state index is 0.00909. The van der Waals surface area contributed by atoms with Gasteiger partial charge in [-0.2, -0.15) is 0 Å². The van der Waals surface area contributed by atoms with Crippen LogP contribution in [0.3, 0.4) is 0 Å². The lowest BCUT2D eigenvalue weighted by Crippen LogP contribution is -2.63. The second kappa shape index (κ2) is 10.4. The van der Waals surface area contributed by atoms with E-state index in [1.165, 1.54) is 0 Å². The van der Waals surface area contributed by atoms with Gasteiger partial charge in [-0.05, 0) is 42.2 Å². The first-order valence-electron chi connectivity index (χ1n) is 12.4. The minimum Gasteiger partial charge on any atom is -0.356 e. The van der Waals surface area contributed by atoms with E-state index in [0.717, 1.165) is 51.5 Å². The van der Waals surface area contributed by atoms with Crippen LogP contribution in [0.15, 0.2) is 53.0 Å². The topological polar surface area (TPSA) is 106 Å². The summed E-state index contributed by atoms with van der Waals surface area (Å²) in [5.41, 5.74) is 5.69. The van der Waals surface area contributed by atoms with Crippen molar-refractivity contribution in [1.29, 1.82) is 0 Å². The molecule has 0 unspecified atom stereocenters. The highest BCUT2D eigenvalue weighted by molar-refractivity contribution is 9.10. The van der Waals surface area contributed by atoms with Crippen molar-refractivity contribution in [2.75, 3.05) is 13.1 Å². The number of hydroxylamine groups is 1. The van der Waals surface area contributed by atoms with Crippen LogP contribution in [-0.4, -0.2) is 56.8 Å². The molecule has 3 N–H and O–H groups in total. The summed E-state index contributed by atoms with van der Waals surface area (Å²) in [5.74, 6) is -0.445. The Balaban J connectivity index is 1.39. The van der Waals surface area contributed by atoms with Gasteiger partial charge in [-0.15, -0.1) is 0 Å². The summed E-state index contributed by atoms with van der Waals surface area (Å²) >= 11 is 3.56. The number of hydrogen-bond acceptors (Lipinski definition) is 4. The Kier molecular flexibility index (Phi) is 7.11. The summed E-state index contributed by atoms with van der Waals surface area (Å²) in [6.07, 6.45) is 3.87. The third-order valence-corrected chi connectivity index (χ3v) is 7.71. The molecule has 0 aliphatic carbocycles. The Labute approximate surface area is 217 Å². The molecule has 2 aliphatic heterocycles. The summed E-state index contributed by atoms with van der Waals surface area (Å²) in [5, 5.41) is 9.68. The lowest BCUT2D eigenvalue weighted by atomic mass is 9.86. The normalized spacial score (nSPS) is 19.4. The lowest BCUT2D eigenvalue weighted by molar-refractivity contribution is -0.158. The number of H-pyrrole nitrogens is 1. The van der Waals surface area contributed by atoms with Gasteiger partial charge in [0.2, 0.25) is 17.7 Å². The number of aromatic nitrogens is 1. The molecule has 0 bridgehead atoms. The molecule has 2 atom stereocenters. The Bertz CT molecular complexity index is 1310. The van der Waals surface area contributed by atoms with E-state index in [1.54, 1.807) is 15.3 Å². The van der Waals surface area contributed by atoms with Gasteiger partial charge in [-0.3, -0.25) is 19.6 Å². The molecule has 8 nitrogen and oxygen atoms in total. The quantitative estimate of drug-likeness (QED) is 0.222. The minimum atomic E-state index is -0.546. The molecular formula is C27H29BrN4O4. The average molecular weight is 553 g/mol.